The lowest BCUT2D eigenvalue weighted by atomic mass is 9.98. The summed E-state index contributed by atoms with van der Waals surface area (Å²) in [7, 11) is 0. The fourth-order valence-electron chi connectivity index (χ4n) is 1.52. The van der Waals surface area contributed by atoms with Crippen LogP contribution in [-0.2, 0) is 10.7 Å². The van der Waals surface area contributed by atoms with Crippen molar-refractivity contribution in [3.05, 3.63) is 41.5 Å². The summed E-state index contributed by atoms with van der Waals surface area (Å²) >= 11 is 17.0. The second kappa shape index (κ2) is 3.14. The van der Waals surface area contributed by atoms with Gasteiger partial charge >= 0.3 is 0 Å². The highest BCUT2D eigenvalue weighted by Gasteiger charge is 2.51. The molecule has 0 aliphatic heterocycles. The van der Waals surface area contributed by atoms with Crippen LogP contribution in [0.1, 0.15) is 11.1 Å². The van der Waals surface area contributed by atoms with Gasteiger partial charge in [0.15, 0.2) is 5.60 Å². The molecule has 0 N–H and O–H groups in total. The number of rotatable bonds is 0. The summed E-state index contributed by atoms with van der Waals surface area (Å²) in [6, 6.07) is 7.11. The van der Waals surface area contributed by atoms with Crippen molar-refractivity contribution in [2.24, 2.45) is 0 Å². The van der Waals surface area contributed by atoms with Gasteiger partial charge < -0.3 is 0 Å². The lowest BCUT2D eigenvalue weighted by molar-refractivity contribution is 0.0166. The van der Waals surface area contributed by atoms with Crippen LogP contribution < -0.4 is 0 Å². The third-order valence-electron chi connectivity index (χ3n) is 2.28. The number of hydrogen-bond donors (Lipinski definition) is 0. The molecule has 1 radical (unpaired) electrons. The van der Waals surface area contributed by atoms with Crippen molar-refractivity contribution >= 4 is 40.9 Å². The van der Waals surface area contributed by atoms with Crippen LogP contribution in [0.3, 0.4) is 0 Å². The molecule has 0 saturated heterocycles. The Labute approximate surface area is 96.9 Å². The van der Waals surface area contributed by atoms with Gasteiger partial charge in [0, 0.05) is 5.56 Å². The van der Waals surface area contributed by atoms with E-state index in [4.69, 9.17) is 34.8 Å². The molecule has 4 heteroatoms. The topological polar surface area (TPSA) is 19.9 Å². The Kier molecular flexibility index (Phi) is 2.31. The highest BCUT2D eigenvalue weighted by molar-refractivity contribution is 6.68. The first-order valence-electron chi connectivity index (χ1n) is 4.01. The molecule has 0 aromatic heterocycles. The molecular weight excluding hydrogens is 242 g/mol. The SMILES string of the molecule is [O]C1(C(Cl)(Cl)Cl)C=Cc2ccccc21. The van der Waals surface area contributed by atoms with Crippen molar-refractivity contribution in [2.45, 2.75) is 9.39 Å². The Balaban J connectivity index is 2.59. The quantitative estimate of drug-likeness (QED) is 0.624. The minimum atomic E-state index is -1.86. The molecule has 1 aliphatic rings. The molecule has 2 rings (SSSR count). The van der Waals surface area contributed by atoms with E-state index in [-0.39, 0.29) is 0 Å². The van der Waals surface area contributed by atoms with Crippen LogP contribution in [-0.4, -0.2) is 3.79 Å². The minimum Gasteiger partial charge on any atom is -0.215 e. The maximum Gasteiger partial charge on any atom is 0.230 e. The van der Waals surface area contributed by atoms with Gasteiger partial charge in [-0.15, -0.1) is 0 Å². The lowest BCUT2D eigenvalue weighted by Crippen LogP contribution is -2.35. The normalized spacial score (nSPS) is 25.1. The Hall–Kier alpha value is -0.210. The molecule has 1 aromatic rings. The van der Waals surface area contributed by atoms with Crippen LogP contribution in [0.25, 0.3) is 6.08 Å². The summed E-state index contributed by atoms with van der Waals surface area (Å²) in [5.74, 6) is 0. The van der Waals surface area contributed by atoms with Crippen LogP contribution in [0.15, 0.2) is 30.3 Å². The largest absolute Gasteiger partial charge is 0.230 e. The zero-order valence-corrected chi connectivity index (χ0v) is 9.27. The van der Waals surface area contributed by atoms with E-state index in [1.165, 1.54) is 6.08 Å². The Bertz CT molecular complexity index is 395. The molecule has 1 nitrogen and oxygen atoms in total. The monoisotopic (exact) mass is 247 g/mol. The van der Waals surface area contributed by atoms with Crippen LogP contribution in [0, 0.1) is 0 Å². The van der Waals surface area contributed by atoms with Crippen LogP contribution in [0.2, 0.25) is 0 Å². The summed E-state index contributed by atoms with van der Waals surface area (Å²) < 4.78 is -1.86. The molecule has 73 valence electrons. The van der Waals surface area contributed by atoms with E-state index in [0.29, 0.717) is 5.56 Å². The maximum absolute atomic E-state index is 12.3. The Morgan fingerprint density at radius 3 is 2.43 bits per heavy atom. The van der Waals surface area contributed by atoms with Crippen LogP contribution in [0.4, 0.5) is 0 Å². The van der Waals surface area contributed by atoms with Crippen LogP contribution >= 0.6 is 34.8 Å². The minimum absolute atomic E-state index is 0.514. The van der Waals surface area contributed by atoms with E-state index >= 15 is 0 Å². The smallest absolute Gasteiger partial charge is 0.215 e. The van der Waals surface area contributed by atoms with E-state index in [0.717, 1.165) is 5.56 Å². The zero-order chi connectivity index (χ0) is 10.4. The summed E-state index contributed by atoms with van der Waals surface area (Å²) in [5.41, 5.74) is -0.442. The van der Waals surface area contributed by atoms with Crippen molar-refractivity contribution in [2.75, 3.05) is 0 Å². The molecule has 1 aromatic carbocycles. The summed E-state index contributed by atoms with van der Waals surface area (Å²) in [6.07, 6.45) is 3.08. The first kappa shape index (κ1) is 10.3. The van der Waals surface area contributed by atoms with Gasteiger partial charge in [-0.3, -0.25) is 0 Å². The standard InChI is InChI=1S/C10H6Cl3O/c11-10(12,13)9(14)6-5-7-3-1-2-4-8(7)9/h1-6H. The van der Waals surface area contributed by atoms with E-state index in [2.05, 4.69) is 0 Å². The average molecular weight is 249 g/mol. The van der Waals surface area contributed by atoms with Gasteiger partial charge in [0.05, 0.1) is 0 Å². The molecule has 1 aliphatic carbocycles. The lowest BCUT2D eigenvalue weighted by Gasteiger charge is -2.27. The van der Waals surface area contributed by atoms with Crippen molar-refractivity contribution in [3.8, 4) is 0 Å². The molecule has 0 fully saturated rings. The first-order valence-corrected chi connectivity index (χ1v) is 5.14. The van der Waals surface area contributed by atoms with Gasteiger partial charge in [-0.1, -0.05) is 65.1 Å². The number of halogens is 3. The van der Waals surface area contributed by atoms with Crippen molar-refractivity contribution < 1.29 is 5.11 Å². The molecule has 0 heterocycles. The van der Waals surface area contributed by atoms with Crippen molar-refractivity contribution in [1.82, 2.24) is 0 Å². The van der Waals surface area contributed by atoms with Gasteiger partial charge in [-0.25, -0.2) is 5.11 Å². The summed E-state index contributed by atoms with van der Waals surface area (Å²) in [4.78, 5) is 0. The van der Waals surface area contributed by atoms with E-state index < -0.39 is 9.39 Å². The highest BCUT2D eigenvalue weighted by Crippen LogP contribution is 2.50. The van der Waals surface area contributed by atoms with E-state index in [1.54, 1.807) is 18.2 Å². The second-order valence-electron chi connectivity index (χ2n) is 3.15. The molecular formula is C10H6Cl3O. The van der Waals surface area contributed by atoms with E-state index in [1.807, 2.05) is 12.1 Å². The highest BCUT2D eigenvalue weighted by atomic mass is 35.6. The van der Waals surface area contributed by atoms with Crippen LogP contribution in [0.5, 0.6) is 0 Å². The zero-order valence-electron chi connectivity index (χ0n) is 7.01. The molecule has 1 unspecified atom stereocenters. The van der Waals surface area contributed by atoms with Gasteiger partial charge in [-0.05, 0) is 11.6 Å². The molecule has 14 heavy (non-hydrogen) atoms. The third-order valence-corrected chi connectivity index (χ3v) is 3.12. The maximum atomic E-state index is 12.3. The fraction of sp³-hybridized carbons (Fsp3) is 0.200. The molecule has 0 saturated carbocycles. The Morgan fingerprint density at radius 2 is 1.79 bits per heavy atom. The third kappa shape index (κ3) is 1.36. The summed E-state index contributed by atoms with van der Waals surface area (Å²) in [6.45, 7) is 0. The average Bonchev–Trinajstić information content (AvgIpc) is 2.45. The second-order valence-corrected chi connectivity index (χ2v) is 5.44. The molecule has 0 bridgehead atoms. The van der Waals surface area contributed by atoms with Crippen molar-refractivity contribution in [3.63, 3.8) is 0 Å². The number of fused-ring (bicyclic) bond motifs is 1. The summed E-state index contributed by atoms with van der Waals surface area (Å²) in [5, 5.41) is 12.3. The molecule has 1 atom stereocenters. The van der Waals surface area contributed by atoms with Gasteiger partial charge in [0.1, 0.15) is 0 Å². The van der Waals surface area contributed by atoms with Crippen molar-refractivity contribution in [1.29, 1.82) is 0 Å². The number of alkyl halides is 3. The fourth-order valence-corrected chi connectivity index (χ4v) is 2.02. The molecule has 0 amide bonds. The van der Waals surface area contributed by atoms with Gasteiger partial charge in [0.2, 0.25) is 3.79 Å². The van der Waals surface area contributed by atoms with Gasteiger partial charge in [-0.2, -0.15) is 0 Å². The number of benzene rings is 1. The Morgan fingerprint density at radius 1 is 1.14 bits per heavy atom. The molecule has 0 spiro atoms. The predicted molar refractivity (Wildman–Crippen MR) is 58.1 cm³/mol. The van der Waals surface area contributed by atoms with E-state index in [9.17, 15) is 5.11 Å². The first-order chi connectivity index (χ1) is 6.45. The number of hydrogen-bond acceptors (Lipinski definition) is 0. The van der Waals surface area contributed by atoms with Gasteiger partial charge in [0.25, 0.3) is 0 Å². The predicted octanol–water partition coefficient (Wildman–Crippen LogP) is 3.71.